The van der Waals surface area contributed by atoms with Gasteiger partial charge in [0.2, 0.25) is 11.8 Å². The Kier molecular flexibility index (Phi) is 9.74. The molecular weight excluding hydrogens is 524 g/mol. The minimum Gasteiger partial charge on any atom is -0.491 e. The van der Waals surface area contributed by atoms with Crippen molar-refractivity contribution in [2.24, 2.45) is 0 Å². The lowest BCUT2D eigenvalue weighted by molar-refractivity contribution is -0.125. The zero-order chi connectivity index (χ0) is 29.5. The molecule has 1 aromatic heterocycles. The highest BCUT2D eigenvalue weighted by atomic mass is 16.5. The minimum atomic E-state index is -1.16. The van der Waals surface area contributed by atoms with Crippen LogP contribution in [0, 0.1) is 20.8 Å². The molecule has 0 fully saturated rings. The molecule has 3 aromatic rings. The van der Waals surface area contributed by atoms with Crippen LogP contribution in [0.1, 0.15) is 39.5 Å². The number of H-pyrrole nitrogens is 1. The molecule has 2 heterocycles. The van der Waals surface area contributed by atoms with Gasteiger partial charge in [0.15, 0.2) is 0 Å². The molecule has 0 saturated heterocycles. The molecule has 0 radical (unpaired) electrons. The zero-order valence-electron chi connectivity index (χ0n) is 23.9. The maximum atomic E-state index is 13.0. The number of benzene rings is 2. The molecule has 4 rings (SSSR count). The number of ether oxygens (including phenoxy) is 1. The average molecular weight is 563 g/mol. The fourth-order valence-electron chi connectivity index (χ4n) is 4.71. The first-order valence-corrected chi connectivity index (χ1v) is 13.7. The van der Waals surface area contributed by atoms with Crippen LogP contribution >= 0.6 is 0 Å². The monoisotopic (exact) mass is 562 g/mol. The van der Waals surface area contributed by atoms with Crippen LogP contribution in [0.2, 0.25) is 0 Å². The number of fused-ring (bicyclic) bond motifs is 2. The molecule has 0 saturated carbocycles. The lowest BCUT2D eigenvalue weighted by Gasteiger charge is -2.24. The summed E-state index contributed by atoms with van der Waals surface area (Å²) < 4.78 is 5.84. The van der Waals surface area contributed by atoms with E-state index in [1.54, 1.807) is 24.4 Å². The highest BCUT2D eigenvalue weighted by Gasteiger charge is 2.27. The van der Waals surface area contributed by atoms with E-state index >= 15 is 0 Å². The number of carbonyl (C=O) groups is 3. The molecule has 2 atom stereocenters. The molecule has 1 aliphatic rings. The van der Waals surface area contributed by atoms with Gasteiger partial charge in [-0.3, -0.25) is 24.4 Å². The first-order valence-electron chi connectivity index (χ1n) is 13.7. The van der Waals surface area contributed by atoms with Crippen LogP contribution in [0.15, 0.2) is 42.6 Å². The van der Waals surface area contributed by atoms with E-state index in [9.17, 15) is 19.5 Å². The number of amides is 3. The van der Waals surface area contributed by atoms with Crippen LogP contribution in [-0.2, 0) is 16.1 Å². The van der Waals surface area contributed by atoms with Crippen LogP contribution in [0.4, 0.5) is 0 Å². The Balaban J connectivity index is 1.55. The Morgan fingerprint density at radius 3 is 2.61 bits per heavy atom. The first-order chi connectivity index (χ1) is 19.6. The third kappa shape index (κ3) is 7.71. The Morgan fingerprint density at radius 1 is 1.05 bits per heavy atom. The zero-order valence-corrected chi connectivity index (χ0v) is 23.9. The number of aliphatic hydroxyl groups excluding tert-OH is 1. The number of hydrogen-bond acceptors (Lipinski definition) is 7. The van der Waals surface area contributed by atoms with Crippen LogP contribution in [0.5, 0.6) is 5.75 Å². The van der Waals surface area contributed by atoms with Crippen molar-refractivity contribution < 1.29 is 24.2 Å². The summed E-state index contributed by atoms with van der Waals surface area (Å²) in [7, 11) is 0. The summed E-state index contributed by atoms with van der Waals surface area (Å²) in [5, 5.41) is 26.0. The van der Waals surface area contributed by atoms with Gasteiger partial charge >= 0.3 is 0 Å². The number of aliphatic hydroxyl groups is 1. The lowest BCUT2D eigenvalue weighted by atomic mass is 10.0. The van der Waals surface area contributed by atoms with Gasteiger partial charge in [-0.1, -0.05) is 23.8 Å². The number of hydrogen-bond donors (Lipinski definition) is 5. The van der Waals surface area contributed by atoms with Gasteiger partial charge in [0, 0.05) is 36.3 Å². The number of nitrogens with one attached hydrogen (secondary N) is 4. The van der Waals surface area contributed by atoms with Gasteiger partial charge in [0.1, 0.15) is 18.4 Å². The maximum Gasteiger partial charge on any atom is 0.252 e. The second kappa shape index (κ2) is 13.4. The Hall–Kier alpha value is -4.22. The molecule has 2 bridgehead atoms. The van der Waals surface area contributed by atoms with Crippen molar-refractivity contribution >= 4 is 17.7 Å². The van der Waals surface area contributed by atoms with Crippen molar-refractivity contribution in [2.75, 3.05) is 32.8 Å². The van der Waals surface area contributed by atoms with E-state index in [1.807, 2.05) is 25.7 Å². The normalized spacial score (nSPS) is 18.5. The Morgan fingerprint density at radius 2 is 1.83 bits per heavy atom. The second-order valence-electron chi connectivity index (χ2n) is 10.5. The standard InChI is InChI=1S/C30H38N6O5/c1-18-5-6-19(2)24(13-18)28-23(15-33-35-28)16-36-11-9-32-30(40)27(21(4)37)34-29(39)22-8-7-20(3)25(14-22)41-12-10-31-26(38)17-36/h5-8,13-15,21,27,37H,9-12,16-17H2,1-4H3,(H,31,38)(H,32,40)(H,33,35)(H,34,39)/t21-,27+/m1/s1. The summed E-state index contributed by atoms with van der Waals surface area (Å²) in [6.07, 6.45) is 0.620. The topological polar surface area (TPSA) is 149 Å². The fourth-order valence-corrected chi connectivity index (χ4v) is 4.71. The molecule has 3 amide bonds. The third-order valence-electron chi connectivity index (χ3n) is 7.05. The third-order valence-corrected chi connectivity index (χ3v) is 7.05. The lowest BCUT2D eigenvalue weighted by Crippen LogP contribution is -2.53. The summed E-state index contributed by atoms with van der Waals surface area (Å²) in [5.74, 6) is -0.723. The van der Waals surface area contributed by atoms with Crippen molar-refractivity contribution in [3.63, 3.8) is 0 Å². The van der Waals surface area contributed by atoms with E-state index in [2.05, 4.69) is 44.3 Å². The molecule has 0 unspecified atom stereocenters. The van der Waals surface area contributed by atoms with Crippen molar-refractivity contribution in [1.29, 1.82) is 0 Å². The molecule has 2 aromatic carbocycles. The van der Waals surface area contributed by atoms with E-state index in [0.29, 0.717) is 24.4 Å². The number of rotatable bonds is 4. The van der Waals surface area contributed by atoms with Gasteiger partial charge in [-0.2, -0.15) is 5.10 Å². The minimum absolute atomic E-state index is 0.0817. The predicted octanol–water partition coefficient (Wildman–Crippen LogP) is 1.61. The molecule has 218 valence electrons. The molecule has 41 heavy (non-hydrogen) atoms. The van der Waals surface area contributed by atoms with Crippen molar-refractivity contribution in [2.45, 2.75) is 46.4 Å². The average Bonchev–Trinajstić information content (AvgIpc) is 3.38. The summed E-state index contributed by atoms with van der Waals surface area (Å²) in [6.45, 7) is 8.88. The SMILES string of the molecule is Cc1ccc(C)c(-c2[nH]ncc2CN2CCNC(=O)[C@H]([C@@H](C)O)NC(=O)c3ccc(C)c(c3)OCCNC(=O)C2)c1. The van der Waals surface area contributed by atoms with Gasteiger partial charge in [-0.15, -0.1) is 0 Å². The van der Waals surface area contributed by atoms with E-state index in [0.717, 1.165) is 33.5 Å². The molecule has 11 heteroatoms. The number of nitrogens with zero attached hydrogens (tertiary/aromatic N) is 2. The van der Waals surface area contributed by atoms with E-state index in [-0.39, 0.29) is 32.1 Å². The van der Waals surface area contributed by atoms with Crippen molar-refractivity contribution in [1.82, 2.24) is 31.0 Å². The van der Waals surface area contributed by atoms with Crippen LogP contribution in [0.25, 0.3) is 11.3 Å². The van der Waals surface area contributed by atoms with Crippen LogP contribution in [0.3, 0.4) is 0 Å². The van der Waals surface area contributed by atoms with Gasteiger partial charge < -0.3 is 25.8 Å². The first kappa shape index (κ1) is 29.8. The Labute approximate surface area is 239 Å². The van der Waals surface area contributed by atoms with Gasteiger partial charge in [0.05, 0.1) is 31.1 Å². The van der Waals surface area contributed by atoms with Crippen LogP contribution < -0.4 is 20.7 Å². The number of aromatic amines is 1. The second-order valence-corrected chi connectivity index (χ2v) is 10.5. The Bertz CT molecular complexity index is 1400. The summed E-state index contributed by atoms with van der Waals surface area (Å²) >= 11 is 0. The highest BCUT2D eigenvalue weighted by molar-refractivity contribution is 5.98. The van der Waals surface area contributed by atoms with Crippen molar-refractivity contribution in [3.8, 4) is 17.0 Å². The van der Waals surface area contributed by atoms with Gasteiger partial charge in [-0.05, 0) is 57.0 Å². The number of aryl methyl sites for hydroxylation is 3. The maximum absolute atomic E-state index is 13.0. The number of carbonyl (C=O) groups excluding carboxylic acids is 3. The van der Waals surface area contributed by atoms with E-state index in [1.165, 1.54) is 6.92 Å². The predicted molar refractivity (Wildman–Crippen MR) is 154 cm³/mol. The molecule has 5 N–H and O–H groups in total. The summed E-state index contributed by atoms with van der Waals surface area (Å²) in [5.41, 5.74) is 6.16. The quantitative estimate of drug-likeness (QED) is 0.324. The van der Waals surface area contributed by atoms with Gasteiger partial charge in [-0.25, -0.2) is 0 Å². The highest BCUT2D eigenvalue weighted by Crippen LogP contribution is 2.26. The van der Waals surface area contributed by atoms with E-state index < -0.39 is 24.0 Å². The fraction of sp³-hybridized carbons (Fsp3) is 0.400. The smallest absolute Gasteiger partial charge is 0.252 e. The van der Waals surface area contributed by atoms with Gasteiger partial charge in [0.25, 0.3) is 5.91 Å². The number of aromatic nitrogens is 2. The molecule has 1 aliphatic heterocycles. The van der Waals surface area contributed by atoms with Crippen molar-refractivity contribution in [3.05, 3.63) is 70.4 Å². The molecule has 11 nitrogen and oxygen atoms in total. The largest absolute Gasteiger partial charge is 0.491 e. The molecule has 0 aliphatic carbocycles. The molecular formula is C30H38N6O5. The summed E-state index contributed by atoms with van der Waals surface area (Å²) in [6, 6.07) is 10.0. The van der Waals surface area contributed by atoms with E-state index in [4.69, 9.17) is 4.74 Å². The molecule has 0 spiro atoms. The van der Waals surface area contributed by atoms with Crippen LogP contribution in [-0.4, -0.2) is 82.9 Å². The summed E-state index contributed by atoms with van der Waals surface area (Å²) in [4.78, 5) is 40.8.